The van der Waals surface area contributed by atoms with E-state index in [4.69, 9.17) is 0 Å². The number of carbonyl (C=O) groups is 1. The van der Waals surface area contributed by atoms with Crippen molar-refractivity contribution in [2.75, 3.05) is 0 Å². The number of halogens is 3. The van der Waals surface area contributed by atoms with Crippen LogP contribution in [0, 0.1) is 6.92 Å². The summed E-state index contributed by atoms with van der Waals surface area (Å²) in [4.78, 5) is 19.1. The maximum atomic E-state index is 12.4. The number of alkyl halides is 3. The molecule has 0 saturated carbocycles. The molecule has 2 heterocycles. The average molecular weight is 305 g/mol. The van der Waals surface area contributed by atoms with E-state index < -0.39 is 23.9 Å². The van der Waals surface area contributed by atoms with E-state index in [1.165, 1.54) is 6.92 Å². The van der Waals surface area contributed by atoms with Crippen LogP contribution in [0.25, 0.3) is 0 Å². The second-order valence-corrected chi connectivity index (χ2v) is 4.89. The Bertz CT molecular complexity index is 620. The van der Waals surface area contributed by atoms with Crippen LogP contribution in [-0.4, -0.2) is 26.1 Å². The Kier molecular flexibility index (Phi) is 3.75. The molecule has 0 bridgehead atoms. The van der Waals surface area contributed by atoms with E-state index in [9.17, 15) is 18.0 Å². The van der Waals surface area contributed by atoms with Crippen molar-refractivity contribution < 1.29 is 18.0 Å². The molecule has 108 valence electrons. The highest BCUT2D eigenvalue weighted by atomic mass is 32.1. The minimum Gasteiger partial charge on any atom is -0.340 e. The molecule has 2 aromatic rings. The molecule has 0 aromatic carbocycles. The first-order chi connectivity index (χ1) is 9.27. The molecule has 1 amide bonds. The van der Waals surface area contributed by atoms with E-state index in [0.29, 0.717) is 5.69 Å². The fraction of sp³-hybridized carbons (Fsp3) is 0.400. The highest BCUT2D eigenvalue weighted by molar-refractivity contribution is 7.11. The van der Waals surface area contributed by atoms with Gasteiger partial charge < -0.3 is 5.32 Å². The molecule has 2 aromatic heterocycles. The van der Waals surface area contributed by atoms with Crippen LogP contribution in [0.3, 0.4) is 0 Å². The number of rotatable bonds is 3. The fourth-order valence-electron chi connectivity index (χ4n) is 1.38. The fourth-order valence-corrected chi connectivity index (χ4v) is 2.08. The normalized spacial score (nSPS) is 13.2. The van der Waals surface area contributed by atoms with Crippen LogP contribution in [0.2, 0.25) is 0 Å². The zero-order valence-corrected chi connectivity index (χ0v) is 11.3. The third kappa shape index (κ3) is 3.13. The largest absolute Gasteiger partial charge is 0.453 e. The summed E-state index contributed by atoms with van der Waals surface area (Å²) in [5, 5.41) is 9.67. The predicted octanol–water partition coefficient (Wildman–Crippen LogP) is 2.08. The lowest BCUT2D eigenvalue weighted by Gasteiger charge is -2.09. The monoisotopic (exact) mass is 305 g/mol. The summed E-state index contributed by atoms with van der Waals surface area (Å²) in [6, 6.07) is -0.740. The summed E-state index contributed by atoms with van der Waals surface area (Å²) in [7, 11) is 0. The first-order valence-corrected chi connectivity index (χ1v) is 6.38. The highest BCUT2D eigenvalue weighted by Crippen LogP contribution is 2.26. The molecule has 20 heavy (non-hydrogen) atoms. The van der Waals surface area contributed by atoms with Crippen LogP contribution in [0.4, 0.5) is 13.2 Å². The molecule has 2 N–H and O–H groups in total. The van der Waals surface area contributed by atoms with Gasteiger partial charge in [0.05, 0.1) is 6.04 Å². The smallest absolute Gasteiger partial charge is 0.340 e. The van der Waals surface area contributed by atoms with E-state index >= 15 is 0 Å². The zero-order chi connectivity index (χ0) is 14.9. The Morgan fingerprint density at radius 1 is 1.45 bits per heavy atom. The summed E-state index contributed by atoms with van der Waals surface area (Å²) in [5.41, 5.74) is 0.701. The second-order valence-electron chi connectivity index (χ2n) is 4.03. The van der Waals surface area contributed by atoms with E-state index in [1.807, 2.05) is 0 Å². The molecule has 0 saturated heterocycles. The van der Waals surface area contributed by atoms with Crippen LogP contribution in [0.5, 0.6) is 0 Å². The number of thiazole rings is 1. The summed E-state index contributed by atoms with van der Waals surface area (Å²) < 4.78 is 37.1. The minimum atomic E-state index is -4.62. The number of nitrogens with zero attached hydrogens (tertiary/aromatic N) is 3. The Morgan fingerprint density at radius 3 is 2.65 bits per heavy atom. The number of hydrogen-bond acceptors (Lipinski definition) is 5. The maximum absolute atomic E-state index is 12.4. The van der Waals surface area contributed by atoms with Crippen molar-refractivity contribution in [3.8, 4) is 0 Å². The Balaban J connectivity index is 2.07. The average Bonchev–Trinajstić information content (AvgIpc) is 2.95. The number of aromatic amines is 1. The molecule has 1 atom stereocenters. The Hall–Kier alpha value is -1.97. The third-order valence-electron chi connectivity index (χ3n) is 2.33. The molecule has 1 unspecified atom stereocenters. The van der Waals surface area contributed by atoms with E-state index in [-0.39, 0.29) is 10.8 Å². The number of aryl methyl sites for hydroxylation is 1. The number of nitrogens with one attached hydrogen (secondary N) is 2. The van der Waals surface area contributed by atoms with Gasteiger partial charge in [-0.25, -0.2) is 9.97 Å². The summed E-state index contributed by atoms with van der Waals surface area (Å²) in [6.07, 6.45) is -4.62. The van der Waals surface area contributed by atoms with Crippen LogP contribution in [0.1, 0.15) is 40.1 Å². The van der Waals surface area contributed by atoms with Gasteiger partial charge in [0.25, 0.3) is 11.7 Å². The molecule has 0 fully saturated rings. The molecule has 0 radical (unpaired) electrons. The molecule has 0 aliphatic carbocycles. The lowest BCUT2D eigenvalue weighted by molar-refractivity contribution is -0.144. The topological polar surface area (TPSA) is 83.6 Å². The van der Waals surface area contributed by atoms with E-state index in [1.54, 1.807) is 12.3 Å². The van der Waals surface area contributed by atoms with E-state index in [2.05, 4.69) is 25.5 Å². The van der Waals surface area contributed by atoms with E-state index in [0.717, 1.165) is 11.3 Å². The van der Waals surface area contributed by atoms with Crippen molar-refractivity contribution in [1.82, 2.24) is 25.5 Å². The summed E-state index contributed by atoms with van der Waals surface area (Å²) in [6.45, 7) is 3.24. The first-order valence-electron chi connectivity index (χ1n) is 5.50. The molecular formula is C10H10F3N5OS. The van der Waals surface area contributed by atoms with Gasteiger partial charge in [-0.05, 0) is 13.8 Å². The van der Waals surface area contributed by atoms with Crippen LogP contribution in [0.15, 0.2) is 5.38 Å². The predicted molar refractivity (Wildman–Crippen MR) is 64.1 cm³/mol. The van der Waals surface area contributed by atoms with Crippen molar-refractivity contribution in [3.05, 3.63) is 27.7 Å². The van der Waals surface area contributed by atoms with Crippen LogP contribution < -0.4 is 5.32 Å². The van der Waals surface area contributed by atoms with Gasteiger partial charge in [0.1, 0.15) is 5.82 Å². The molecule has 10 heteroatoms. The van der Waals surface area contributed by atoms with Gasteiger partial charge in [-0.15, -0.1) is 16.4 Å². The quantitative estimate of drug-likeness (QED) is 0.909. The first kappa shape index (κ1) is 14.4. The van der Waals surface area contributed by atoms with Crippen LogP contribution in [-0.2, 0) is 6.18 Å². The lowest BCUT2D eigenvalue weighted by atomic mass is 10.3. The molecular weight excluding hydrogens is 295 g/mol. The molecule has 0 spiro atoms. The Morgan fingerprint density at radius 2 is 2.15 bits per heavy atom. The summed E-state index contributed by atoms with van der Waals surface area (Å²) >= 11 is 1.15. The number of carbonyl (C=O) groups excluding carboxylic acids is 1. The Labute approximate surface area is 115 Å². The highest BCUT2D eigenvalue weighted by Gasteiger charge is 2.36. The number of aromatic nitrogens is 4. The maximum Gasteiger partial charge on any atom is 0.453 e. The number of amides is 1. The standard InChI is InChI=1S/C10H10F3N5OS/c1-4-3-20-8(14-4)7(19)15-5(2)6-16-9(18-17-6)10(11,12)13/h3,5H,1-2H3,(H,15,19)(H,16,17,18). The van der Waals surface area contributed by atoms with Gasteiger partial charge in [-0.3, -0.25) is 9.89 Å². The van der Waals surface area contributed by atoms with Gasteiger partial charge in [-0.2, -0.15) is 13.2 Å². The third-order valence-corrected chi connectivity index (χ3v) is 3.29. The van der Waals surface area contributed by atoms with Gasteiger partial charge in [0.2, 0.25) is 0 Å². The molecule has 6 nitrogen and oxygen atoms in total. The minimum absolute atomic E-state index is 0.0704. The zero-order valence-electron chi connectivity index (χ0n) is 10.4. The van der Waals surface area contributed by atoms with Gasteiger partial charge in [-0.1, -0.05) is 0 Å². The van der Waals surface area contributed by atoms with Crippen molar-refractivity contribution >= 4 is 17.2 Å². The lowest BCUT2D eigenvalue weighted by Crippen LogP contribution is -2.27. The van der Waals surface area contributed by atoms with Crippen molar-refractivity contribution in [2.24, 2.45) is 0 Å². The summed E-state index contributed by atoms with van der Waals surface area (Å²) in [5.74, 6) is -1.81. The number of H-pyrrole nitrogens is 1. The molecule has 0 aliphatic heterocycles. The SMILES string of the molecule is Cc1csc(C(=O)NC(C)c2nc(C(F)(F)F)n[nH]2)n1. The van der Waals surface area contributed by atoms with Gasteiger partial charge >= 0.3 is 6.18 Å². The second kappa shape index (κ2) is 5.19. The van der Waals surface area contributed by atoms with Crippen molar-refractivity contribution in [2.45, 2.75) is 26.1 Å². The van der Waals surface area contributed by atoms with Gasteiger partial charge in [0, 0.05) is 11.1 Å². The van der Waals surface area contributed by atoms with Crippen molar-refractivity contribution in [1.29, 1.82) is 0 Å². The van der Waals surface area contributed by atoms with Crippen LogP contribution >= 0.6 is 11.3 Å². The molecule has 0 aliphatic rings. The van der Waals surface area contributed by atoms with Crippen molar-refractivity contribution in [3.63, 3.8) is 0 Å². The van der Waals surface area contributed by atoms with Gasteiger partial charge in [0.15, 0.2) is 5.01 Å². The number of hydrogen-bond donors (Lipinski definition) is 2. The molecule has 2 rings (SSSR count).